The highest BCUT2D eigenvalue weighted by atomic mass is 16.8. The monoisotopic (exact) mass is 216 g/mol. The van der Waals surface area contributed by atoms with Crippen molar-refractivity contribution < 1.29 is 24.1 Å². The summed E-state index contributed by atoms with van der Waals surface area (Å²) in [6.07, 6.45) is 1.33. The summed E-state index contributed by atoms with van der Waals surface area (Å²) < 4.78 is 21.4. The van der Waals surface area contributed by atoms with Crippen LogP contribution in [0.4, 0.5) is 0 Å². The van der Waals surface area contributed by atoms with Crippen LogP contribution in [0, 0.1) is 0 Å². The Morgan fingerprint density at radius 2 is 1.80 bits per heavy atom. The van der Waals surface area contributed by atoms with E-state index in [0.29, 0.717) is 6.61 Å². The molecule has 0 aromatic heterocycles. The van der Waals surface area contributed by atoms with E-state index in [1.807, 2.05) is 6.92 Å². The molecule has 0 radical (unpaired) electrons. The average molecular weight is 216 g/mol. The van der Waals surface area contributed by atoms with Crippen LogP contribution in [-0.2, 0) is 18.9 Å². The third kappa shape index (κ3) is 1.90. The Morgan fingerprint density at radius 1 is 1.13 bits per heavy atom. The largest absolute Gasteiger partial charge is 0.369 e. The lowest BCUT2D eigenvalue weighted by Crippen LogP contribution is -2.22. The summed E-state index contributed by atoms with van der Waals surface area (Å²) in [6.45, 7) is 2.62. The molecule has 3 saturated heterocycles. The van der Waals surface area contributed by atoms with Gasteiger partial charge in [-0.2, -0.15) is 0 Å². The van der Waals surface area contributed by atoms with Crippen molar-refractivity contribution in [2.24, 2.45) is 0 Å². The van der Waals surface area contributed by atoms with Gasteiger partial charge in [-0.3, -0.25) is 0 Å². The van der Waals surface area contributed by atoms with E-state index in [0.717, 1.165) is 12.8 Å². The van der Waals surface area contributed by atoms with Crippen LogP contribution in [0.15, 0.2) is 0 Å². The fourth-order valence-corrected chi connectivity index (χ4v) is 2.23. The van der Waals surface area contributed by atoms with Gasteiger partial charge < -0.3 is 24.1 Å². The molecule has 0 aromatic carbocycles. The van der Waals surface area contributed by atoms with E-state index in [1.54, 1.807) is 0 Å². The average Bonchev–Trinajstić information content (AvgIpc) is 3.10. The first-order chi connectivity index (χ1) is 7.29. The highest BCUT2D eigenvalue weighted by Crippen LogP contribution is 2.39. The molecule has 0 amide bonds. The first-order valence-electron chi connectivity index (χ1n) is 5.55. The third-order valence-electron chi connectivity index (χ3n) is 3.13. The molecule has 5 nitrogen and oxygen atoms in total. The lowest BCUT2D eigenvalue weighted by molar-refractivity contribution is 0.0142. The van der Waals surface area contributed by atoms with Crippen LogP contribution in [0.1, 0.15) is 19.8 Å². The molecule has 3 fully saturated rings. The van der Waals surface area contributed by atoms with Gasteiger partial charge in [0.05, 0.1) is 12.2 Å². The molecule has 6 atom stereocenters. The zero-order valence-corrected chi connectivity index (χ0v) is 8.67. The molecular weight excluding hydrogens is 200 g/mol. The number of hydrogen-bond donors (Lipinski definition) is 1. The summed E-state index contributed by atoms with van der Waals surface area (Å²) >= 11 is 0. The van der Waals surface area contributed by atoms with Crippen molar-refractivity contribution in [2.45, 2.75) is 56.8 Å². The number of rotatable bonds is 4. The van der Waals surface area contributed by atoms with Gasteiger partial charge in [0.15, 0.2) is 12.6 Å². The summed E-state index contributed by atoms with van der Waals surface area (Å²) in [6, 6.07) is 0. The first-order valence-corrected chi connectivity index (χ1v) is 5.55. The summed E-state index contributed by atoms with van der Waals surface area (Å²) in [5.41, 5.74) is 0. The number of aliphatic hydroxyl groups excluding tert-OH is 1. The van der Waals surface area contributed by atoms with Gasteiger partial charge in [-0.05, 0) is 19.8 Å². The molecule has 3 heterocycles. The Labute approximate surface area is 88.3 Å². The first kappa shape index (κ1) is 9.99. The second kappa shape index (κ2) is 3.68. The molecular formula is C10H16O5. The molecule has 0 aromatic rings. The van der Waals surface area contributed by atoms with Crippen molar-refractivity contribution in [3.05, 3.63) is 0 Å². The molecule has 3 aliphatic heterocycles. The highest BCUT2D eigenvalue weighted by Gasteiger charge is 2.54. The maximum atomic E-state index is 9.11. The third-order valence-corrected chi connectivity index (χ3v) is 3.13. The normalized spacial score (nSPS) is 53.2. The van der Waals surface area contributed by atoms with E-state index in [9.17, 15) is 0 Å². The van der Waals surface area contributed by atoms with Gasteiger partial charge in [0, 0.05) is 6.61 Å². The van der Waals surface area contributed by atoms with Crippen molar-refractivity contribution in [2.75, 3.05) is 6.61 Å². The summed E-state index contributed by atoms with van der Waals surface area (Å²) in [5, 5.41) is 9.11. The van der Waals surface area contributed by atoms with Gasteiger partial charge in [0.1, 0.15) is 12.2 Å². The van der Waals surface area contributed by atoms with Gasteiger partial charge in [-0.25, -0.2) is 0 Å². The van der Waals surface area contributed by atoms with E-state index >= 15 is 0 Å². The molecule has 0 aliphatic carbocycles. The zero-order chi connectivity index (χ0) is 10.4. The van der Waals surface area contributed by atoms with Gasteiger partial charge >= 0.3 is 0 Å². The quantitative estimate of drug-likeness (QED) is 0.671. The number of epoxide rings is 2. The van der Waals surface area contributed by atoms with Gasteiger partial charge in [0.2, 0.25) is 0 Å². The summed E-state index contributed by atoms with van der Waals surface area (Å²) in [4.78, 5) is 0. The van der Waals surface area contributed by atoms with Gasteiger partial charge in [-0.1, -0.05) is 0 Å². The fourth-order valence-electron chi connectivity index (χ4n) is 2.23. The smallest absolute Gasteiger partial charge is 0.187 e. The predicted molar refractivity (Wildman–Crippen MR) is 49.1 cm³/mol. The second-order valence-corrected chi connectivity index (χ2v) is 4.21. The molecule has 0 saturated carbocycles. The Hall–Kier alpha value is -0.200. The van der Waals surface area contributed by atoms with Crippen molar-refractivity contribution in [1.29, 1.82) is 0 Å². The minimum Gasteiger partial charge on any atom is -0.369 e. The lowest BCUT2D eigenvalue weighted by Gasteiger charge is -2.09. The van der Waals surface area contributed by atoms with Crippen LogP contribution >= 0.6 is 0 Å². The van der Waals surface area contributed by atoms with Crippen LogP contribution in [0.5, 0.6) is 0 Å². The zero-order valence-electron chi connectivity index (χ0n) is 8.67. The van der Waals surface area contributed by atoms with Crippen molar-refractivity contribution in [3.8, 4) is 0 Å². The molecule has 0 spiro atoms. The Bertz CT molecular complexity index is 246. The molecule has 1 N–H and O–H groups in total. The molecule has 15 heavy (non-hydrogen) atoms. The van der Waals surface area contributed by atoms with E-state index < -0.39 is 6.29 Å². The molecule has 6 unspecified atom stereocenters. The SMILES string of the molecule is CCOC1OC1C1CCC(C2OC2O)O1. The van der Waals surface area contributed by atoms with Crippen LogP contribution in [0.2, 0.25) is 0 Å². The Balaban J connectivity index is 1.46. The molecule has 86 valence electrons. The molecule has 3 aliphatic rings. The van der Waals surface area contributed by atoms with Crippen molar-refractivity contribution >= 4 is 0 Å². The van der Waals surface area contributed by atoms with Crippen molar-refractivity contribution in [3.63, 3.8) is 0 Å². The minimum atomic E-state index is -0.614. The van der Waals surface area contributed by atoms with Crippen LogP contribution in [-0.4, -0.2) is 48.7 Å². The Morgan fingerprint density at radius 3 is 2.40 bits per heavy atom. The second-order valence-electron chi connectivity index (χ2n) is 4.21. The van der Waals surface area contributed by atoms with E-state index in [4.69, 9.17) is 24.1 Å². The number of ether oxygens (including phenoxy) is 4. The van der Waals surface area contributed by atoms with E-state index in [-0.39, 0.29) is 30.7 Å². The van der Waals surface area contributed by atoms with Crippen LogP contribution < -0.4 is 0 Å². The van der Waals surface area contributed by atoms with E-state index in [2.05, 4.69) is 0 Å². The lowest BCUT2D eigenvalue weighted by atomic mass is 10.1. The molecule has 3 rings (SSSR count). The fraction of sp³-hybridized carbons (Fsp3) is 1.00. The minimum absolute atomic E-state index is 0.0384. The summed E-state index contributed by atoms with van der Waals surface area (Å²) in [7, 11) is 0. The summed E-state index contributed by atoms with van der Waals surface area (Å²) in [5.74, 6) is 0. The van der Waals surface area contributed by atoms with Crippen LogP contribution in [0.25, 0.3) is 0 Å². The Kier molecular flexibility index (Phi) is 2.45. The standard InChI is InChI=1S/C10H16O5/c1-2-12-10-8(15-10)6-4-3-5(13-6)7-9(11)14-7/h5-11H,2-4H2,1H3. The maximum absolute atomic E-state index is 9.11. The van der Waals surface area contributed by atoms with E-state index in [1.165, 1.54) is 0 Å². The molecule has 5 heteroatoms. The maximum Gasteiger partial charge on any atom is 0.187 e. The van der Waals surface area contributed by atoms with Crippen molar-refractivity contribution in [1.82, 2.24) is 0 Å². The highest BCUT2D eigenvalue weighted by molar-refractivity contribution is 4.95. The molecule has 0 bridgehead atoms. The van der Waals surface area contributed by atoms with Gasteiger partial charge in [-0.15, -0.1) is 0 Å². The number of aliphatic hydroxyl groups is 1. The predicted octanol–water partition coefficient (Wildman–Crippen LogP) is 0.0126. The number of hydrogen-bond acceptors (Lipinski definition) is 5. The topological polar surface area (TPSA) is 63.8 Å². The van der Waals surface area contributed by atoms with Crippen LogP contribution in [0.3, 0.4) is 0 Å². The van der Waals surface area contributed by atoms with Gasteiger partial charge in [0.25, 0.3) is 0 Å².